The fourth-order valence-corrected chi connectivity index (χ4v) is 6.46. The summed E-state index contributed by atoms with van der Waals surface area (Å²) in [6.45, 7) is -4.66. The molecular formula is C30H39F3N8O21S4. The van der Waals surface area contributed by atoms with Crippen molar-refractivity contribution in [2.24, 2.45) is 22.1 Å². The van der Waals surface area contributed by atoms with Crippen molar-refractivity contribution in [1.82, 2.24) is 20.1 Å². The number of oxime groups is 2. The second kappa shape index (κ2) is 23.4. The summed E-state index contributed by atoms with van der Waals surface area (Å²) in [4.78, 5) is 93.9. The van der Waals surface area contributed by atoms with Gasteiger partial charge in [0.05, 0.1) is 11.5 Å². The SMILES string of the molecule is CC(=O)O.O=C(O)C(F)(F)F.[2H]C([2H])([2H])[C@@]1(C)[C@H](CC(=O)/C(=N\OCC(=O)O)c2csc(N)n2)C(=O)N1OS(=O)(=O)O.[2H]C([2H])([2H])[C@@]1(C)[C@H](CC(=O)/C(=N\OCC(=O)O)c2csc(N)n2)CN1OS(=O)(=O)O. The summed E-state index contributed by atoms with van der Waals surface area (Å²) in [7, 11) is -10.2. The van der Waals surface area contributed by atoms with Gasteiger partial charge < -0.3 is 41.6 Å². The van der Waals surface area contributed by atoms with Crippen molar-refractivity contribution in [3.8, 4) is 0 Å². The molecule has 0 aliphatic carbocycles. The Labute approximate surface area is 385 Å². The zero-order valence-electron chi connectivity index (χ0n) is 39.3. The summed E-state index contributed by atoms with van der Waals surface area (Å²) in [5, 5.41) is 42.1. The maximum absolute atomic E-state index is 12.8. The zero-order valence-corrected chi connectivity index (χ0v) is 36.5. The Bertz CT molecular complexity index is 2650. The first-order valence-corrected chi connectivity index (χ1v) is 21.2. The number of nitrogens with zero attached hydrogens (tertiary/aromatic N) is 6. The van der Waals surface area contributed by atoms with E-state index >= 15 is 0 Å². The number of nitrogen functional groups attached to an aromatic ring is 2. The smallest absolute Gasteiger partial charge is 0.481 e. The lowest BCUT2D eigenvalue weighted by atomic mass is 9.74. The maximum Gasteiger partial charge on any atom is 0.490 e. The molecule has 370 valence electrons. The molecule has 0 unspecified atom stereocenters. The van der Waals surface area contributed by atoms with Gasteiger partial charge in [-0.05, 0) is 27.6 Å². The molecule has 10 N–H and O–H groups in total. The Morgan fingerprint density at radius 3 is 1.55 bits per heavy atom. The molecule has 4 atom stereocenters. The number of nitrogens with two attached hydrogens (primary N) is 2. The number of halogens is 3. The van der Waals surface area contributed by atoms with Crippen LogP contribution in [0.15, 0.2) is 21.1 Å². The van der Waals surface area contributed by atoms with E-state index < -0.39 is 137 Å². The number of alkyl halides is 3. The molecule has 1 amide bonds. The van der Waals surface area contributed by atoms with Crippen molar-refractivity contribution in [3.05, 3.63) is 22.1 Å². The molecule has 29 nitrogen and oxygen atoms in total. The van der Waals surface area contributed by atoms with Crippen molar-refractivity contribution in [2.45, 2.75) is 64.6 Å². The van der Waals surface area contributed by atoms with Gasteiger partial charge in [0.25, 0.3) is 11.9 Å². The molecule has 2 aromatic heterocycles. The fourth-order valence-electron chi connectivity index (χ4n) is 4.50. The molecule has 4 heterocycles. The van der Waals surface area contributed by atoms with Crippen LogP contribution < -0.4 is 11.5 Å². The highest BCUT2D eigenvalue weighted by molar-refractivity contribution is 7.81. The molecule has 0 saturated carbocycles. The third-order valence-corrected chi connectivity index (χ3v) is 9.51. The van der Waals surface area contributed by atoms with Gasteiger partial charge in [-0.3, -0.25) is 28.3 Å². The molecule has 0 aromatic carbocycles. The molecule has 36 heteroatoms. The van der Waals surface area contributed by atoms with Crippen LogP contribution in [0.1, 0.15) is 66.9 Å². The number of ketones is 2. The standard InChI is InChI=1S/C13H16N4O9S2.C13H18N4O8S2.C2HF3O2.C2H4O2/c1-13(2)6(11(21)17(13)26-28(22,23)24)3-8(18)10(16-25-4-9(19)20)7-5-27-12(14)15-7;1-13(2)7(4-17(13)25-27(21,22)23)3-9(18)11(16-24-5-10(19)20)8-6-26-12(14)15-8;3-2(4,5)1(6)7;1-2(3)4/h5-6H,3-4H2,1-2H3,(H2,14,15)(H,19,20)(H,22,23,24);6-7H,3-5H2,1-2H3,(H2,14,15)(H,19,20)(H,21,22,23);(H,6,7);1H3,(H,3,4)/b16-10-;16-11-;;/t6-;7-;;/m11../s1/i2*1D3;;/t6-,13-;7-,13-;;. The number of hydrogen-bond donors (Lipinski definition) is 8. The first-order valence-electron chi connectivity index (χ1n) is 19.7. The van der Waals surface area contributed by atoms with Crippen LogP contribution in [0.25, 0.3) is 0 Å². The van der Waals surface area contributed by atoms with Gasteiger partial charge in [0.1, 0.15) is 11.4 Å². The fraction of sp³-hybridized carbons (Fsp3) is 0.500. The number of rotatable bonds is 18. The van der Waals surface area contributed by atoms with E-state index in [-0.39, 0.29) is 39.0 Å². The van der Waals surface area contributed by atoms with Crippen LogP contribution in [0.3, 0.4) is 0 Å². The summed E-state index contributed by atoms with van der Waals surface area (Å²) in [6.07, 6.45) is -6.32. The van der Waals surface area contributed by atoms with Crippen molar-refractivity contribution < 1.29 is 120 Å². The number of thiazole rings is 2. The van der Waals surface area contributed by atoms with E-state index in [1.165, 1.54) is 10.8 Å². The molecule has 0 bridgehead atoms. The molecule has 4 rings (SSSR count). The Balaban J connectivity index is 0.000000596. The number of anilines is 2. The Hall–Kier alpha value is -6.02. The van der Waals surface area contributed by atoms with Gasteiger partial charge in [0.15, 0.2) is 33.3 Å². The molecule has 66 heavy (non-hydrogen) atoms. The van der Waals surface area contributed by atoms with Crippen molar-refractivity contribution in [2.75, 3.05) is 31.2 Å². The predicted octanol–water partition coefficient (Wildman–Crippen LogP) is 0.120. The Morgan fingerprint density at radius 2 is 1.23 bits per heavy atom. The number of aromatic nitrogens is 2. The van der Waals surface area contributed by atoms with Gasteiger partial charge in [-0.2, -0.15) is 44.4 Å². The van der Waals surface area contributed by atoms with E-state index in [1.807, 2.05) is 0 Å². The summed E-state index contributed by atoms with van der Waals surface area (Å²) in [5.41, 5.74) is 5.83. The van der Waals surface area contributed by atoms with Crippen molar-refractivity contribution in [3.63, 3.8) is 0 Å². The van der Waals surface area contributed by atoms with Gasteiger partial charge in [-0.1, -0.05) is 10.3 Å². The first kappa shape index (κ1) is 47.9. The minimum absolute atomic E-state index is 0.00819. The van der Waals surface area contributed by atoms with E-state index in [1.54, 1.807) is 0 Å². The molecule has 0 radical (unpaired) electrons. The number of hydroxylamine groups is 4. The third kappa shape index (κ3) is 18.8. The number of Topliss-reactive ketones (excluding diaryl/α,β-unsaturated/α-hetero) is 2. The van der Waals surface area contributed by atoms with Gasteiger partial charge in [-0.15, -0.1) is 27.0 Å². The lowest BCUT2D eigenvalue weighted by Crippen LogP contribution is -2.68. The summed E-state index contributed by atoms with van der Waals surface area (Å²) < 4.78 is 148. The quantitative estimate of drug-likeness (QED) is 0.0425. The number of carbonyl (C=O) groups is 7. The number of β-lactam (4-membered cyclic amide) rings is 1. The number of amides is 1. The first-order chi connectivity index (χ1) is 32.4. The number of aliphatic carboxylic acids is 4. The van der Waals surface area contributed by atoms with Crippen molar-refractivity contribution >= 4 is 107 Å². The highest BCUT2D eigenvalue weighted by Crippen LogP contribution is 2.41. The van der Waals surface area contributed by atoms with Gasteiger partial charge >= 0.3 is 44.9 Å². The Morgan fingerprint density at radius 1 is 0.833 bits per heavy atom. The van der Waals surface area contributed by atoms with E-state index in [4.69, 9.17) is 58.8 Å². The van der Waals surface area contributed by atoms with Gasteiger partial charge in [-0.25, -0.2) is 24.4 Å². The summed E-state index contributed by atoms with van der Waals surface area (Å²) >= 11 is 1.91. The van der Waals surface area contributed by atoms with Crippen LogP contribution in [-0.2, 0) is 72.6 Å². The molecule has 2 aliphatic heterocycles. The van der Waals surface area contributed by atoms with Crippen LogP contribution in [0.5, 0.6) is 0 Å². The van der Waals surface area contributed by atoms with Crippen LogP contribution in [0.2, 0.25) is 0 Å². The lowest BCUT2D eigenvalue weighted by molar-refractivity contribution is -0.233. The largest absolute Gasteiger partial charge is 0.490 e. The molecule has 2 saturated heterocycles. The topological polar surface area (TPSA) is 455 Å². The third-order valence-electron chi connectivity index (χ3n) is 7.46. The second-order valence-corrected chi connectivity index (χ2v) is 16.5. The molecule has 2 aliphatic rings. The highest BCUT2D eigenvalue weighted by Gasteiger charge is 2.57. The van der Waals surface area contributed by atoms with Crippen LogP contribution >= 0.6 is 22.7 Å². The number of hydrogen-bond acceptors (Lipinski definition) is 24. The maximum atomic E-state index is 12.8. The monoisotopic (exact) mass is 1040 g/mol. The normalized spacial score (nSPS) is 22.6. The molecular weight excluding hydrogens is 994 g/mol. The number of carbonyl (C=O) groups excluding carboxylic acids is 3. The average Bonchev–Trinajstić information content (AvgIpc) is 3.83. The second-order valence-electron chi connectivity index (χ2n) is 12.7. The lowest BCUT2D eigenvalue weighted by Gasteiger charge is -2.52. The van der Waals surface area contributed by atoms with Crippen molar-refractivity contribution in [1.29, 1.82) is 0 Å². The zero-order chi connectivity index (χ0) is 56.3. The molecule has 0 spiro atoms. The van der Waals surface area contributed by atoms with Gasteiger partial charge in [0.2, 0.25) is 13.2 Å². The highest BCUT2D eigenvalue weighted by atomic mass is 32.3. The van der Waals surface area contributed by atoms with Crippen LogP contribution in [0.4, 0.5) is 23.4 Å². The number of carboxylic acids is 4. The Kier molecular flexibility index (Phi) is 17.0. The molecule has 2 aromatic rings. The van der Waals surface area contributed by atoms with Crippen LogP contribution in [-0.4, -0.2) is 156 Å². The summed E-state index contributed by atoms with van der Waals surface area (Å²) in [6, 6.07) is 0. The van der Waals surface area contributed by atoms with Gasteiger partial charge in [0, 0.05) is 56.8 Å². The average molecular weight is 1040 g/mol. The predicted molar refractivity (Wildman–Crippen MR) is 214 cm³/mol. The van der Waals surface area contributed by atoms with E-state index in [9.17, 15) is 54.0 Å². The van der Waals surface area contributed by atoms with E-state index in [0.29, 0.717) is 5.06 Å². The molecule has 2 fully saturated rings. The van der Waals surface area contributed by atoms with E-state index in [2.05, 4.69) is 38.5 Å². The van der Waals surface area contributed by atoms with E-state index in [0.717, 1.165) is 43.4 Å². The number of carboxylic acid groups (broad SMARTS) is 4. The minimum atomic E-state index is -5.23. The minimum Gasteiger partial charge on any atom is -0.481 e. The van der Waals surface area contributed by atoms with Crippen LogP contribution in [0, 0.1) is 11.8 Å². The summed E-state index contributed by atoms with van der Waals surface area (Å²) in [5.74, 6) is -11.8.